The largest absolute Gasteiger partial charge is 0.492 e. The van der Waals surface area contributed by atoms with Crippen LogP contribution in [-0.2, 0) is 11.3 Å². The lowest BCUT2D eigenvalue weighted by atomic mass is 9.97. The highest BCUT2D eigenvalue weighted by molar-refractivity contribution is 8.14. The Morgan fingerprint density at radius 3 is 2.94 bits per heavy atom. The number of nitrogens with one attached hydrogen (secondary N) is 4. The Bertz CT molecular complexity index is 964. The molecule has 0 bridgehead atoms. The number of amidine groups is 2. The van der Waals surface area contributed by atoms with E-state index in [0.717, 1.165) is 5.69 Å². The number of para-hydroxylation sites is 2. The second-order valence-electron chi connectivity index (χ2n) is 7.23. The highest BCUT2D eigenvalue weighted by Crippen LogP contribution is 2.36. The van der Waals surface area contributed by atoms with Gasteiger partial charge in [-0.15, -0.1) is 0 Å². The van der Waals surface area contributed by atoms with E-state index >= 15 is 0 Å². The number of carbonyl (C=O) groups excluding carboxylic acids is 1. The standard InChI is InChI=1S/C21H26N6O3S/c1-3-29-16-9-5-4-8-15(16)27-19(22)18-13(2)25-26-20(18)24-21(27)31-12-17(28)23-11-14-7-6-10-30-14/h4-10,13,18,20,22,25-26H,3,11-12H2,1-2H3,(H,23,28). The Morgan fingerprint density at radius 1 is 1.32 bits per heavy atom. The molecule has 0 aliphatic carbocycles. The van der Waals surface area contributed by atoms with Crippen LogP contribution in [0, 0.1) is 11.3 Å². The highest BCUT2D eigenvalue weighted by Gasteiger charge is 2.44. The first-order chi connectivity index (χ1) is 15.1. The highest BCUT2D eigenvalue weighted by atomic mass is 32.2. The molecule has 4 rings (SSSR count). The van der Waals surface area contributed by atoms with Crippen molar-refractivity contribution in [3.05, 3.63) is 48.4 Å². The van der Waals surface area contributed by atoms with Gasteiger partial charge in [-0.05, 0) is 38.1 Å². The number of amides is 1. The molecule has 1 aromatic carbocycles. The number of carbonyl (C=O) groups is 1. The van der Waals surface area contributed by atoms with Gasteiger partial charge in [-0.2, -0.15) is 0 Å². The zero-order valence-corrected chi connectivity index (χ0v) is 18.2. The van der Waals surface area contributed by atoms with Crippen LogP contribution in [0.25, 0.3) is 0 Å². The Kier molecular flexibility index (Phi) is 6.59. The summed E-state index contributed by atoms with van der Waals surface area (Å²) in [6.45, 7) is 4.79. The molecule has 31 heavy (non-hydrogen) atoms. The average Bonchev–Trinajstić information content (AvgIpc) is 3.42. The van der Waals surface area contributed by atoms with Gasteiger partial charge in [0.2, 0.25) is 5.91 Å². The molecule has 1 amide bonds. The lowest BCUT2D eigenvalue weighted by molar-refractivity contribution is -0.118. The molecule has 10 heteroatoms. The van der Waals surface area contributed by atoms with Crippen LogP contribution >= 0.6 is 11.8 Å². The van der Waals surface area contributed by atoms with Crippen LogP contribution in [0.5, 0.6) is 5.75 Å². The second-order valence-corrected chi connectivity index (χ2v) is 8.17. The molecule has 4 N–H and O–H groups in total. The SMILES string of the molecule is CCOc1ccccc1N1C(=N)C2C(C)NNC2N=C1SCC(=O)NCc1ccco1. The van der Waals surface area contributed by atoms with E-state index in [0.29, 0.717) is 35.7 Å². The summed E-state index contributed by atoms with van der Waals surface area (Å²) in [5, 5.41) is 12.4. The summed E-state index contributed by atoms with van der Waals surface area (Å²) in [7, 11) is 0. The molecule has 3 atom stereocenters. The lowest BCUT2D eigenvalue weighted by Crippen LogP contribution is -2.50. The zero-order valence-electron chi connectivity index (χ0n) is 17.4. The van der Waals surface area contributed by atoms with E-state index in [9.17, 15) is 4.79 Å². The number of aliphatic imine (C=N–C) groups is 1. The summed E-state index contributed by atoms with van der Waals surface area (Å²) in [5.74, 6) is 1.68. The number of hydrogen-bond donors (Lipinski definition) is 4. The van der Waals surface area contributed by atoms with E-state index in [1.54, 1.807) is 17.2 Å². The minimum atomic E-state index is -0.258. The molecule has 2 aromatic rings. The molecular weight excluding hydrogens is 416 g/mol. The first kappa shape index (κ1) is 21.4. The van der Waals surface area contributed by atoms with Gasteiger partial charge < -0.3 is 14.5 Å². The van der Waals surface area contributed by atoms with Gasteiger partial charge in [-0.3, -0.25) is 20.5 Å². The minimum absolute atomic E-state index is 0.0474. The van der Waals surface area contributed by atoms with Crippen LogP contribution < -0.4 is 25.8 Å². The maximum Gasteiger partial charge on any atom is 0.230 e. The van der Waals surface area contributed by atoms with Crippen LogP contribution in [0.15, 0.2) is 52.1 Å². The minimum Gasteiger partial charge on any atom is -0.492 e. The lowest BCUT2D eigenvalue weighted by Gasteiger charge is -2.36. The number of nitrogens with zero attached hydrogens (tertiary/aromatic N) is 2. The van der Waals surface area contributed by atoms with E-state index in [1.807, 2.05) is 44.2 Å². The number of anilines is 1. The summed E-state index contributed by atoms with van der Waals surface area (Å²) in [6.07, 6.45) is 1.32. The molecule has 2 aliphatic rings. The quantitative estimate of drug-likeness (QED) is 0.520. The molecule has 9 nitrogen and oxygen atoms in total. The van der Waals surface area contributed by atoms with Crippen LogP contribution in [0.3, 0.4) is 0 Å². The Labute approximate surface area is 185 Å². The number of benzene rings is 1. The van der Waals surface area contributed by atoms with Crippen molar-refractivity contribution < 1.29 is 13.9 Å². The molecular formula is C21H26N6O3S. The molecule has 0 radical (unpaired) electrons. The molecule has 0 saturated carbocycles. The summed E-state index contributed by atoms with van der Waals surface area (Å²) in [5.41, 5.74) is 7.06. The zero-order chi connectivity index (χ0) is 21.8. The normalized spacial score (nSPS) is 22.8. The maximum absolute atomic E-state index is 12.4. The van der Waals surface area contributed by atoms with Crippen molar-refractivity contribution in [2.45, 2.75) is 32.6 Å². The summed E-state index contributed by atoms with van der Waals surface area (Å²) < 4.78 is 11.1. The van der Waals surface area contributed by atoms with Gasteiger partial charge in [0.25, 0.3) is 0 Å². The molecule has 164 valence electrons. The third kappa shape index (κ3) is 4.60. The number of rotatable bonds is 7. The van der Waals surface area contributed by atoms with Crippen molar-refractivity contribution in [1.82, 2.24) is 16.2 Å². The number of fused-ring (bicyclic) bond motifs is 1. The van der Waals surface area contributed by atoms with Crippen LogP contribution in [-0.4, -0.2) is 41.5 Å². The van der Waals surface area contributed by atoms with Crippen molar-refractivity contribution >= 4 is 34.4 Å². The van der Waals surface area contributed by atoms with E-state index in [2.05, 4.69) is 16.2 Å². The third-order valence-corrected chi connectivity index (χ3v) is 6.07. The second kappa shape index (κ2) is 9.54. The van der Waals surface area contributed by atoms with Crippen molar-refractivity contribution in [3.63, 3.8) is 0 Å². The topological polar surface area (TPSA) is 115 Å². The number of furan rings is 1. The molecule has 2 aliphatic heterocycles. The van der Waals surface area contributed by atoms with Gasteiger partial charge in [0.05, 0.1) is 36.8 Å². The first-order valence-corrected chi connectivity index (χ1v) is 11.2. The van der Waals surface area contributed by atoms with E-state index in [1.165, 1.54) is 11.8 Å². The number of thioether (sulfide) groups is 1. The fraction of sp³-hybridized carbons (Fsp3) is 0.381. The van der Waals surface area contributed by atoms with Gasteiger partial charge in [0.1, 0.15) is 23.5 Å². The Balaban J connectivity index is 1.55. The van der Waals surface area contributed by atoms with Crippen molar-refractivity contribution in [1.29, 1.82) is 5.41 Å². The number of hydrazine groups is 1. The average molecular weight is 443 g/mol. The predicted octanol–water partition coefficient (Wildman–Crippen LogP) is 2.32. The van der Waals surface area contributed by atoms with Gasteiger partial charge in [0.15, 0.2) is 5.17 Å². The van der Waals surface area contributed by atoms with Crippen LogP contribution in [0.1, 0.15) is 19.6 Å². The van der Waals surface area contributed by atoms with Gasteiger partial charge in [0, 0.05) is 6.04 Å². The molecule has 1 saturated heterocycles. The number of hydrogen-bond acceptors (Lipinski definition) is 8. The monoisotopic (exact) mass is 442 g/mol. The first-order valence-electron chi connectivity index (χ1n) is 10.2. The molecule has 3 unspecified atom stereocenters. The Morgan fingerprint density at radius 2 is 2.16 bits per heavy atom. The summed E-state index contributed by atoms with van der Waals surface area (Å²) in [4.78, 5) is 19.0. The molecule has 1 fully saturated rings. The molecule has 3 heterocycles. The third-order valence-electron chi connectivity index (χ3n) is 5.11. The van der Waals surface area contributed by atoms with Crippen molar-refractivity contribution in [2.24, 2.45) is 10.9 Å². The van der Waals surface area contributed by atoms with Crippen molar-refractivity contribution in [2.75, 3.05) is 17.3 Å². The fourth-order valence-corrected chi connectivity index (χ4v) is 4.51. The predicted molar refractivity (Wildman–Crippen MR) is 121 cm³/mol. The van der Waals surface area contributed by atoms with E-state index in [4.69, 9.17) is 19.6 Å². The fourth-order valence-electron chi connectivity index (χ4n) is 3.63. The summed E-state index contributed by atoms with van der Waals surface area (Å²) in [6, 6.07) is 11.2. The molecule has 1 aromatic heterocycles. The van der Waals surface area contributed by atoms with Gasteiger partial charge in [-0.1, -0.05) is 23.9 Å². The van der Waals surface area contributed by atoms with Gasteiger partial charge in [-0.25, -0.2) is 10.4 Å². The van der Waals surface area contributed by atoms with Gasteiger partial charge >= 0.3 is 0 Å². The van der Waals surface area contributed by atoms with Crippen LogP contribution in [0.2, 0.25) is 0 Å². The maximum atomic E-state index is 12.4. The van der Waals surface area contributed by atoms with Crippen LogP contribution in [0.4, 0.5) is 5.69 Å². The van der Waals surface area contributed by atoms with E-state index < -0.39 is 0 Å². The van der Waals surface area contributed by atoms with Crippen molar-refractivity contribution in [3.8, 4) is 5.75 Å². The summed E-state index contributed by atoms with van der Waals surface area (Å²) >= 11 is 1.30. The molecule has 0 spiro atoms. The van der Waals surface area contributed by atoms with E-state index in [-0.39, 0.29) is 29.8 Å². The smallest absolute Gasteiger partial charge is 0.230 e. The number of ether oxygens (including phenoxy) is 1. The Hall–Kier alpha value is -2.82.